The Morgan fingerprint density at radius 1 is 0.543 bits per heavy atom. The zero-order valence-corrected chi connectivity index (χ0v) is 24.7. The number of hydrogen-bond acceptors (Lipinski definition) is 8. The first kappa shape index (κ1) is 27.1. The van der Waals surface area contributed by atoms with E-state index >= 15 is 0 Å². The molecule has 2 bridgehead atoms. The monoisotopic (exact) mass is 612 g/mol. The van der Waals surface area contributed by atoms with Gasteiger partial charge in [-0.1, -0.05) is 30.7 Å². The average molecular weight is 613 g/mol. The molecule has 2 heterocycles. The Morgan fingerprint density at radius 3 is 1.52 bits per heavy atom. The molecule has 2 aliphatic heterocycles. The first-order valence-electron chi connectivity index (χ1n) is 15.8. The Bertz CT molecular complexity index is 1850. The summed E-state index contributed by atoms with van der Waals surface area (Å²) in [5.41, 5.74) is 3.32. The molecule has 0 saturated heterocycles. The number of carbonyl (C=O) groups is 4. The normalized spacial score (nSPS) is 24.8. The molecule has 0 N–H and O–H groups in total. The Morgan fingerprint density at radius 2 is 1.00 bits per heavy atom. The van der Waals surface area contributed by atoms with E-state index < -0.39 is 23.9 Å². The SMILES string of the molecule is O=C1OC(=O)c2cc(Oc3ccc(C4(c5ccc(Oc6ccc7c(c6)C(=O)OC7=O)cc5)CC5CC4C4CCCC54)cc3)ccc21. The third kappa shape index (κ3) is 3.99. The van der Waals surface area contributed by atoms with E-state index in [9.17, 15) is 19.2 Å². The zero-order chi connectivity index (χ0) is 31.2. The molecule has 9 rings (SSSR count). The molecule has 4 atom stereocenters. The number of esters is 4. The summed E-state index contributed by atoms with van der Waals surface area (Å²) in [6.07, 6.45) is 6.25. The number of fused-ring (bicyclic) bond motifs is 7. The van der Waals surface area contributed by atoms with Gasteiger partial charge in [0, 0.05) is 5.41 Å². The molecule has 0 aromatic heterocycles. The maximum atomic E-state index is 12.0. The number of benzene rings is 4. The molecule has 4 aromatic rings. The van der Waals surface area contributed by atoms with Crippen molar-refractivity contribution in [2.45, 2.75) is 37.5 Å². The zero-order valence-electron chi connectivity index (χ0n) is 24.7. The fraction of sp³-hybridized carbons (Fsp3) is 0.263. The van der Waals surface area contributed by atoms with Gasteiger partial charge in [0.15, 0.2) is 0 Å². The van der Waals surface area contributed by atoms with Crippen molar-refractivity contribution >= 4 is 23.9 Å². The highest BCUT2D eigenvalue weighted by molar-refractivity contribution is 6.15. The van der Waals surface area contributed by atoms with E-state index in [0.29, 0.717) is 40.8 Å². The van der Waals surface area contributed by atoms with Crippen LogP contribution in [0.2, 0.25) is 0 Å². The van der Waals surface area contributed by atoms with Crippen LogP contribution in [0.1, 0.15) is 84.7 Å². The Labute approximate surface area is 264 Å². The van der Waals surface area contributed by atoms with Gasteiger partial charge in [0.05, 0.1) is 22.3 Å². The van der Waals surface area contributed by atoms with Crippen molar-refractivity contribution in [3.63, 3.8) is 0 Å². The number of carbonyl (C=O) groups excluding carboxylic acids is 4. The highest BCUT2D eigenvalue weighted by Crippen LogP contribution is 2.68. The largest absolute Gasteiger partial charge is 0.457 e. The van der Waals surface area contributed by atoms with Crippen LogP contribution in [-0.4, -0.2) is 23.9 Å². The minimum Gasteiger partial charge on any atom is -0.457 e. The predicted octanol–water partition coefficient (Wildman–Crippen LogP) is 7.63. The topological polar surface area (TPSA) is 105 Å². The fourth-order valence-electron chi connectivity index (χ4n) is 9.14. The molecule has 4 unspecified atom stereocenters. The lowest BCUT2D eigenvalue weighted by atomic mass is 9.59. The fourth-order valence-corrected chi connectivity index (χ4v) is 9.14. The maximum Gasteiger partial charge on any atom is 0.347 e. The van der Waals surface area contributed by atoms with Crippen molar-refractivity contribution in [3.05, 3.63) is 118 Å². The van der Waals surface area contributed by atoms with Crippen molar-refractivity contribution in [1.82, 2.24) is 0 Å². The number of cyclic esters (lactones) is 4. The molecule has 46 heavy (non-hydrogen) atoms. The van der Waals surface area contributed by atoms with Crippen molar-refractivity contribution in [2.24, 2.45) is 23.7 Å². The summed E-state index contributed by atoms with van der Waals surface area (Å²) in [5.74, 6) is 2.40. The lowest BCUT2D eigenvalue weighted by Crippen LogP contribution is -2.40. The minimum absolute atomic E-state index is 0.136. The lowest BCUT2D eigenvalue weighted by Gasteiger charge is -2.44. The minimum atomic E-state index is -0.658. The van der Waals surface area contributed by atoms with E-state index in [4.69, 9.17) is 18.9 Å². The van der Waals surface area contributed by atoms with Gasteiger partial charge < -0.3 is 18.9 Å². The first-order chi connectivity index (χ1) is 22.4. The van der Waals surface area contributed by atoms with Crippen molar-refractivity contribution in [1.29, 1.82) is 0 Å². The lowest BCUT2D eigenvalue weighted by molar-refractivity contribution is 0.0425. The summed E-state index contributed by atoms with van der Waals surface area (Å²) < 4.78 is 21.6. The molecule has 0 radical (unpaired) electrons. The van der Waals surface area contributed by atoms with E-state index in [2.05, 4.69) is 24.3 Å². The first-order valence-corrected chi connectivity index (χ1v) is 15.8. The second-order valence-electron chi connectivity index (χ2n) is 13.1. The molecule has 8 nitrogen and oxygen atoms in total. The molecule has 0 amide bonds. The third-order valence-electron chi connectivity index (χ3n) is 11.0. The molecule has 4 aromatic carbocycles. The van der Waals surface area contributed by atoms with Gasteiger partial charge in [0.25, 0.3) is 0 Å². The summed E-state index contributed by atoms with van der Waals surface area (Å²) in [6, 6.07) is 26.1. The summed E-state index contributed by atoms with van der Waals surface area (Å²) in [6.45, 7) is 0. The Hall–Kier alpha value is -5.24. The van der Waals surface area contributed by atoms with Gasteiger partial charge in [-0.3, -0.25) is 0 Å². The molecule has 3 aliphatic carbocycles. The van der Waals surface area contributed by atoms with Crippen LogP contribution in [0.15, 0.2) is 84.9 Å². The number of hydrogen-bond donors (Lipinski definition) is 0. The second-order valence-corrected chi connectivity index (χ2v) is 13.1. The van der Waals surface area contributed by atoms with Crippen LogP contribution >= 0.6 is 0 Å². The Balaban J connectivity index is 1.01. The molecule has 5 aliphatic rings. The molecule has 8 heteroatoms. The van der Waals surface area contributed by atoms with Crippen molar-refractivity contribution in [2.75, 3.05) is 0 Å². The number of rotatable bonds is 6. The van der Waals surface area contributed by atoms with Crippen molar-refractivity contribution in [3.8, 4) is 23.0 Å². The summed E-state index contributed by atoms with van der Waals surface area (Å²) >= 11 is 0. The molecule has 0 spiro atoms. The molecular weight excluding hydrogens is 584 g/mol. The quantitative estimate of drug-likeness (QED) is 0.162. The molecule has 3 saturated carbocycles. The van der Waals surface area contributed by atoms with E-state index in [1.165, 1.54) is 36.8 Å². The average Bonchev–Trinajstić information content (AvgIpc) is 3.87. The number of ether oxygens (including phenoxy) is 4. The van der Waals surface area contributed by atoms with Crippen LogP contribution in [0.5, 0.6) is 23.0 Å². The molecule has 3 fully saturated rings. The summed E-state index contributed by atoms with van der Waals surface area (Å²) in [7, 11) is 0. The van der Waals surface area contributed by atoms with Crippen LogP contribution in [-0.2, 0) is 14.9 Å². The maximum absolute atomic E-state index is 12.0. The van der Waals surface area contributed by atoms with Gasteiger partial charge in [-0.25, -0.2) is 19.2 Å². The van der Waals surface area contributed by atoms with E-state index in [1.807, 2.05) is 24.3 Å². The van der Waals surface area contributed by atoms with E-state index in [-0.39, 0.29) is 27.7 Å². The van der Waals surface area contributed by atoms with Gasteiger partial charge >= 0.3 is 23.9 Å². The van der Waals surface area contributed by atoms with E-state index in [0.717, 1.165) is 12.3 Å². The van der Waals surface area contributed by atoms with E-state index in [1.54, 1.807) is 36.4 Å². The van der Waals surface area contributed by atoms with Crippen LogP contribution in [0, 0.1) is 23.7 Å². The van der Waals surface area contributed by atoms with Gasteiger partial charge in [-0.05, 0) is 121 Å². The third-order valence-corrected chi connectivity index (χ3v) is 11.0. The van der Waals surface area contributed by atoms with Crippen LogP contribution in [0.25, 0.3) is 0 Å². The Kier molecular flexibility index (Phi) is 5.82. The van der Waals surface area contributed by atoms with Crippen LogP contribution in [0.3, 0.4) is 0 Å². The van der Waals surface area contributed by atoms with Gasteiger partial charge in [0.1, 0.15) is 23.0 Å². The second kappa shape index (κ2) is 9.88. The van der Waals surface area contributed by atoms with Crippen molar-refractivity contribution < 1.29 is 38.1 Å². The smallest absolute Gasteiger partial charge is 0.347 e. The van der Waals surface area contributed by atoms with Gasteiger partial charge in [-0.2, -0.15) is 0 Å². The van der Waals surface area contributed by atoms with Crippen LogP contribution in [0.4, 0.5) is 0 Å². The van der Waals surface area contributed by atoms with Gasteiger partial charge in [0.2, 0.25) is 0 Å². The summed E-state index contributed by atoms with van der Waals surface area (Å²) in [5, 5.41) is 0. The standard InChI is InChI=1S/C38H28O8/c39-34-29-14-12-25(17-31(29)36(41)45-34)43-23-8-4-21(5-9-23)38(19-20-16-33(38)28-3-1-2-27(20)28)22-6-10-24(11-7-22)44-26-13-15-30-32(18-26)37(42)46-35(30)40/h4-15,17-18,20,27-28,33H,1-3,16,19H2. The van der Waals surface area contributed by atoms with Crippen LogP contribution < -0.4 is 9.47 Å². The molecular formula is C38H28O8. The highest BCUT2D eigenvalue weighted by atomic mass is 16.6. The summed E-state index contributed by atoms with van der Waals surface area (Å²) in [4.78, 5) is 47.7. The highest BCUT2D eigenvalue weighted by Gasteiger charge is 2.61. The molecule has 228 valence electrons. The predicted molar refractivity (Wildman–Crippen MR) is 163 cm³/mol. The van der Waals surface area contributed by atoms with Gasteiger partial charge in [-0.15, -0.1) is 0 Å².